The van der Waals surface area contributed by atoms with Gasteiger partial charge in [0, 0.05) is 17.1 Å². The number of halogens is 3. The first-order valence-electron chi connectivity index (χ1n) is 7.29. The number of ether oxygens (including phenoxy) is 1. The Balaban J connectivity index is 1.98. The predicted octanol–water partition coefficient (Wildman–Crippen LogP) is 6.06. The van der Waals surface area contributed by atoms with E-state index in [2.05, 4.69) is 4.74 Å². The van der Waals surface area contributed by atoms with Gasteiger partial charge in [0.25, 0.3) is 0 Å². The van der Waals surface area contributed by atoms with Gasteiger partial charge in [0.2, 0.25) is 0 Å². The molecule has 0 saturated heterocycles. The van der Waals surface area contributed by atoms with Crippen LogP contribution in [0.25, 0.3) is 0 Å². The molecular weight excluding hydrogens is 315 g/mol. The van der Waals surface area contributed by atoms with Crippen LogP contribution in [-0.2, 0) is 0 Å². The molecule has 3 aromatic rings. The molecule has 0 spiro atoms. The van der Waals surface area contributed by atoms with E-state index in [1.165, 1.54) is 12.1 Å². The maximum atomic E-state index is 12.3. The molecule has 3 aromatic carbocycles. The van der Waals surface area contributed by atoms with E-state index in [1.54, 1.807) is 12.1 Å². The van der Waals surface area contributed by atoms with Crippen molar-refractivity contribution >= 4 is 17.1 Å². The second kappa shape index (κ2) is 6.66. The number of hydrogen-bond donors (Lipinski definition) is 0. The molecule has 0 radical (unpaired) electrons. The largest absolute Gasteiger partial charge is 0.573 e. The zero-order valence-electron chi connectivity index (χ0n) is 12.6. The van der Waals surface area contributed by atoms with Gasteiger partial charge < -0.3 is 9.64 Å². The lowest BCUT2D eigenvalue weighted by Gasteiger charge is -2.25. The van der Waals surface area contributed by atoms with Crippen LogP contribution >= 0.6 is 0 Å². The summed E-state index contributed by atoms with van der Waals surface area (Å²) in [6.45, 7) is 0. The van der Waals surface area contributed by atoms with Crippen molar-refractivity contribution in [3.63, 3.8) is 0 Å². The molecule has 0 bridgehead atoms. The lowest BCUT2D eigenvalue weighted by molar-refractivity contribution is -0.274. The SMILES string of the molecule is FC(F)(F)Oc1ccc(N(c2ccccc2)c2ccccc2)cc1. The van der Waals surface area contributed by atoms with Gasteiger partial charge in [-0.15, -0.1) is 13.2 Å². The standard InChI is InChI=1S/C19H14F3NO/c20-19(21,22)24-18-13-11-17(12-14-18)23(15-7-3-1-4-8-15)16-9-5-2-6-10-16/h1-14H. The van der Waals surface area contributed by atoms with Crippen LogP contribution in [0.1, 0.15) is 0 Å². The number of anilines is 3. The van der Waals surface area contributed by atoms with Gasteiger partial charge in [0.15, 0.2) is 0 Å². The third-order valence-electron chi connectivity index (χ3n) is 3.36. The summed E-state index contributed by atoms with van der Waals surface area (Å²) in [6, 6.07) is 25.0. The normalized spacial score (nSPS) is 11.1. The van der Waals surface area contributed by atoms with Crippen LogP contribution < -0.4 is 9.64 Å². The average molecular weight is 329 g/mol. The molecule has 3 rings (SSSR count). The van der Waals surface area contributed by atoms with Gasteiger partial charge in [-0.2, -0.15) is 0 Å². The second-order valence-electron chi connectivity index (χ2n) is 5.05. The average Bonchev–Trinajstić information content (AvgIpc) is 2.57. The summed E-state index contributed by atoms with van der Waals surface area (Å²) in [5.41, 5.74) is 2.56. The molecule has 0 fully saturated rings. The molecule has 0 atom stereocenters. The monoisotopic (exact) mass is 329 g/mol. The summed E-state index contributed by atoms with van der Waals surface area (Å²) in [6.07, 6.45) is -4.69. The molecule has 0 aromatic heterocycles. The molecule has 0 unspecified atom stereocenters. The van der Waals surface area contributed by atoms with Gasteiger partial charge in [-0.25, -0.2) is 0 Å². The van der Waals surface area contributed by atoms with Crippen molar-refractivity contribution in [2.24, 2.45) is 0 Å². The molecule has 2 nitrogen and oxygen atoms in total. The van der Waals surface area contributed by atoms with Crippen molar-refractivity contribution < 1.29 is 17.9 Å². The van der Waals surface area contributed by atoms with E-state index in [1.807, 2.05) is 65.6 Å². The first-order chi connectivity index (χ1) is 11.5. The summed E-state index contributed by atoms with van der Waals surface area (Å²) in [4.78, 5) is 1.96. The molecule has 0 saturated carbocycles. The smallest absolute Gasteiger partial charge is 0.406 e. The molecule has 122 valence electrons. The zero-order chi connectivity index (χ0) is 17.0. The topological polar surface area (TPSA) is 12.5 Å². The van der Waals surface area contributed by atoms with Crippen LogP contribution in [0.3, 0.4) is 0 Å². The Kier molecular flexibility index (Phi) is 4.42. The minimum absolute atomic E-state index is 0.243. The number of hydrogen-bond acceptors (Lipinski definition) is 2. The van der Waals surface area contributed by atoms with Crippen LogP contribution in [0, 0.1) is 0 Å². The number of nitrogens with zero attached hydrogens (tertiary/aromatic N) is 1. The lowest BCUT2D eigenvalue weighted by atomic mass is 10.2. The van der Waals surface area contributed by atoms with Crippen molar-refractivity contribution in [2.45, 2.75) is 6.36 Å². The van der Waals surface area contributed by atoms with Crippen molar-refractivity contribution in [3.05, 3.63) is 84.9 Å². The Morgan fingerprint density at radius 3 is 1.42 bits per heavy atom. The predicted molar refractivity (Wildman–Crippen MR) is 87.8 cm³/mol. The molecule has 0 aliphatic rings. The van der Waals surface area contributed by atoms with E-state index in [-0.39, 0.29) is 5.75 Å². The quantitative estimate of drug-likeness (QED) is 0.577. The highest BCUT2D eigenvalue weighted by atomic mass is 19.4. The molecule has 5 heteroatoms. The van der Waals surface area contributed by atoms with Crippen LogP contribution in [-0.4, -0.2) is 6.36 Å². The minimum Gasteiger partial charge on any atom is -0.406 e. The Bertz CT molecular complexity index is 732. The third kappa shape index (κ3) is 3.87. The summed E-state index contributed by atoms with van der Waals surface area (Å²) >= 11 is 0. The van der Waals surface area contributed by atoms with E-state index in [0.717, 1.165) is 17.1 Å². The van der Waals surface area contributed by atoms with Crippen molar-refractivity contribution in [2.75, 3.05) is 4.90 Å². The van der Waals surface area contributed by atoms with Crippen molar-refractivity contribution in [1.29, 1.82) is 0 Å². The minimum atomic E-state index is -4.69. The zero-order valence-corrected chi connectivity index (χ0v) is 12.6. The number of benzene rings is 3. The van der Waals surface area contributed by atoms with E-state index in [4.69, 9.17) is 0 Å². The molecule has 24 heavy (non-hydrogen) atoms. The first kappa shape index (κ1) is 15.9. The third-order valence-corrected chi connectivity index (χ3v) is 3.36. The molecule has 0 amide bonds. The molecule has 0 aliphatic carbocycles. The number of alkyl halides is 3. The van der Waals surface area contributed by atoms with Crippen LogP contribution in [0.15, 0.2) is 84.9 Å². The fourth-order valence-corrected chi connectivity index (χ4v) is 2.40. The molecule has 0 heterocycles. The van der Waals surface area contributed by atoms with Gasteiger partial charge in [0.05, 0.1) is 0 Å². The van der Waals surface area contributed by atoms with Gasteiger partial charge in [-0.1, -0.05) is 36.4 Å². The Morgan fingerprint density at radius 1 is 0.583 bits per heavy atom. The Hall–Kier alpha value is -2.95. The number of rotatable bonds is 4. The second-order valence-corrected chi connectivity index (χ2v) is 5.05. The lowest BCUT2D eigenvalue weighted by Crippen LogP contribution is -2.17. The van der Waals surface area contributed by atoms with Gasteiger partial charge in [-0.05, 0) is 48.5 Å². The highest BCUT2D eigenvalue weighted by Crippen LogP contribution is 2.35. The van der Waals surface area contributed by atoms with Gasteiger partial charge >= 0.3 is 6.36 Å². The van der Waals surface area contributed by atoms with Gasteiger partial charge in [0.1, 0.15) is 5.75 Å². The summed E-state index contributed by atoms with van der Waals surface area (Å²) < 4.78 is 40.8. The van der Waals surface area contributed by atoms with Crippen LogP contribution in [0.4, 0.5) is 30.2 Å². The molecule has 0 aliphatic heterocycles. The van der Waals surface area contributed by atoms with Crippen LogP contribution in [0.2, 0.25) is 0 Å². The highest BCUT2D eigenvalue weighted by Gasteiger charge is 2.31. The molecular formula is C19H14F3NO. The van der Waals surface area contributed by atoms with E-state index >= 15 is 0 Å². The summed E-state index contributed by atoms with van der Waals surface area (Å²) in [5.74, 6) is -0.243. The first-order valence-corrected chi connectivity index (χ1v) is 7.29. The fourth-order valence-electron chi connectivity index (χ4n) is 2.40. The van der Waals surface area contributed by atoms with Crippen molar-refractivity contribution in [3.8, 4) is 5.75 Å². The van der Waals surface area contributed by atoms with Crippen molar-refractivity contribution in [1.82, 2.24) is 0 Å². The van der Waals surface area contributed by atoms with E-state index in [0.29, 0.717) is 0 Å². The maximum Gasteiger partial charge on any atom is 0.573 e. The van der Waals surface area contributed by atoms with E-state index < -0.39 is 6.36 Å². The van der Waals surface area contributed by atoms with E-state index in [9.17, 15) is 13.2 Å². The Morgan fingerprint density at radius 2 is 1.00 bits per heavy atom. The highest BCUT2D eigenvalue weighted by molar-refractivity contribution is 5.76. The maximum absolute atomic E-state index is 12.3. The Labute approximate surface area is 137 Å². The fraction of sp³-hybridized carbons (Fsp3) is 0.0526. The van der Waals surface area contributed by atoms with Gasteiger partial charge in [-0.3, -0.25) is 0 Å². The number of para-hydroxylation sites is 2. The molecule has 0 N–H and O–H groups in total. The van der Waals surface area contributed by atoms with Crippen LogP contribution in [0.5, 0.6) is 5.75 Å². The summed E-state index contributed by atoms with van der Waals surface area (Å²) in [5, 5.41) is 0. The summed E-state index contributed by atoms with van der Waals surface area (Å²) in [7, 11) is 0.